The number of carboxylic acids is 1. The summed E-state index contributed by atoms with van der Waals surface area (Å²) in [5.74, 6) is -1.05. The molecule has 1 aromatic rings. The van der Waals surface area contributed by atoms with Crippen LogP contribution in [0.3, 0.4) is 0 Å². The summed E-state index contributed by atoms with van der Waals surface area (Å²) in [5, 5.41) is 12.9. The average molecular weight is 347 g/mol. The van der Waals surface area contributed by atoms with Crippen molar-refractivity contribution in [3.63, 3.8) is 0 Å². The van der Waals surface area contributed by atoms with Gasteiger partial charge in [0.1, 0.15) is 17.7 Å². The molecule has 0 aliphatic rings. The maximum absolute atomic E-state index is 13.4. The fraction of sp³-hybridized carbons (Fsp3) is 0.167. The molecule has 0 bridgehead atoms. The molecule has 106 valence electrons. The number of urea groups is 1. The Kier molecular flexibility index (Phi) is 5.46. The van der Waals surface area contributed by atoms with Crippen LogP contribution in [0.4, 0.5) is 19.3 Å². The summed E-state index contributed by atoms with van der Waals surface area (Å²) in [4.78, 5) is 22.3. The van der Waals surface area contributed by atoms with Crippen molar-refractivity contribution in [2.45, 2.75) is 12.5 Å². The molecule has 1 atom stereocenters. The van der Waals surface area contributed by atoms with E-state index in [0.717, 1.165) is 6.07 Å². The van der Waals surface area contributed by atoms with Crippen molar-refractivity contribution in [1.29, 1.82) is 0 Å². The van der Waals surface area contributed by atoms with Gasteiger partial charge in [-0.2, -0.15) is 0 Å². The predicted octanol–water partition coefficient (Wildman–Crippen LogP) is 2.33. The highest BCUT2D eigenvalue weighted by molar-refractivity contribution is 9.10. The van der Waals surface area contributed by atoms with Crippen LogP contribution in [0, 0.1) is 24.0 Å². The first-order valence-corrected chi connectivity index (χ1v) is 6.02. The lowest BCUT2D eigenvalue weighted by molar-refractivity contribution is -0.139. The number of carboxylic acid groups (broad SMARTS) is 1. The predicted molar refractivity (Wildman–Crippen MR) is 71.1 cm³/mol. The number of nitrogens with one attached hydrogen (secondary N) is 2. The number of carbonyl (C=O) groups is 2. The lowest BCUT2D eigenvalue weighted by atomic mass is 10.2. The van der Waals surface area contributed by atoms with Crippen LogP contribution in [-0.4, -0.2) is 23.1 Å². The Labute approximate surface area is 121 Å². The van der Waals surface area contributed by atoms with Gasteiger partial charge in [-0.1, -0.05) is 0 Å². The Hall–Kier alpha value is -2.14. The first kappa shape index (κ1) is 15.9. The molecule has 0 heterocycles. The highest BCUT2D eigenvalue weighted by Gasteiger charge is 2.19. The van der Waals surface area contributed by atoms with E-state index in [2.05, 4.69) is 32.5 Å². The third kappa shape index (κ3) is 4.20. The Bertz CT molecular complexity index is 587. The second-order valence-electron chi connectivity index (χ2n) is 3.64. The van der Waals surface area contributed by atoms with Crippen LogP contribution in [0.2, 0.25) is 0 Å². The lowest BCUT2D eigenvalue weighted by Gasteiger charge is -2.13. The minimum Gasteiger partial charge on any atom is -0.480 e. The summed E-state index contributed by atoms with van der Waals surface area (Å²) in [6, 6.07) is -0.672. The monoisotopic (exact) mass is 346 g/mol. The van der Waals surface area contributed by atoms with E-state index in [9.17, 15) is 18.4 Å². The van der Waals surface area contributed by atoms with Gasteiger partial charge < -0.3 is 15.7 Å². The molecule has 0 aromatic heterocycles. The molecule has 0 saturated carbocycles. The van der Waals surface area contributed by atoms with Gasteiger partial charge in [-0.05, 0) is 22.0 Å². The first-order chi connectivity index (χ1) is 9.35. The molecular weight excluding hydrogens is 338 g/mol. The second kappa shape index (κ2) is 6.86. The van der Waals surface area contributed by atoms with Crippen molar-refractivity contribution in [2.75, 3.05) is 5.32 Å². The molecule has 1 unspecified atom stereocenters. The number of hydrogen-bond acceptors (Lipinski definition) is 2. The van der Waals surface area contributed by atoms with Gasteiger partial charge in [0.05, 0.1) is 10.2 Å². The zero-order chi connectivity index (χ0) is 15.3. The molecule has 1 rings (SSSR count). The van der Waals surface area contributed by atoms with E-state index >= 15 is 0 Å². The summed E-state index contributed by atoms with van der Waals surface area (Å²) >= 11 is 2.84. The molecule has 0 aliphatic carbocycles. The van der Waals surface area contributed by atoms with Crippen LogP contribution in [0.1, 0.15) is 6.42 Å². The summed E-state index contributed by atoms with van der Waals surface area (Å²) in [7, 11) is 0. The number of anilines is 1. The third-order valence-electron chi connectivity index (χ3n) is 2.18. The molecule has 0 aliphatic heterocycles. The first-order valence-electron chi connectivity index (χ1n) is 5.23. The normalized spacial score (nSPS) is 11.3. The van der Waals surface area contributed by atoms with Crippen molar-refractivity contribution in [3.05, 3.63) is 28.2 Å². The van der Waals surface area contributed by atoms with Gasteiger partial charge in [0, 0.05) is 12.5 Å². The van der Waals surface area contributed by atoms with Gasteiger partial charge in [0.2, 0.25) is 0 Å². The Morgan fingerprint density at radius 3 is 2.60 bits per heavy atom. The van der Waals surface area contributed by atoms with Gasteiger partial charge in [0.25, 0.3) is 0 Å². The zero-order valence-corrected chi connectivity index (χ0v) is 11.5. The van der Waals surface area contributed by atoms with Crippen LogP contribution in [0.25, 0.3) is 0 Å². The van der Waals surface area contributed by atoms with Gasteiger partial charge in [-0.3, -0.25) is 0 Å². The van der Waals surface area contributed by atoms with E-state index in [4.69, 9.17) is 11.5 Å². The molecular formula is C12H9BrF2N2O3. The smallest absolute Gasteiger partial charge is 0.327 e. The minimum atomic E-state index is -1.32. The Balaban J connectivity index is 2.79. The molecule has 8 heteroatoms. The number of hydrogen-bond donors (Lipinski definition) is 3. The van der Waals surface area contributed by atoms with Gasteiger partial charge in [-0.25, -0.2) is 18.4 Å². The standard InChI is InChI=1S/C12H9BrF2N2O3/c1-2-3-9(11(18)19)16-12(20)17-10-4-6(13)7(14)5-8(10)15/h1,4-5,9H,3H2,(H,18,19)(H2,16,17,20). The van der Waals surface area contributed by atoms with Crippen molar-refractivity contribution in [2.24, 2.45) is 0 Å². The number of carbonyl (C=O) groups excluding carboxylic acids is 1. The largest absolute Gasteiger partial charge is 0.480 e. The molecule has 0 saturated heterocycles. The quantitative estimate of drug-likeness (QED) is 0.578. The van der Waals surface area contributed by atoms with Gasteiger partial charge in [0.15, 0.2) is 0 Å². The van der Waals surface area contributed by atoms with Crippen LogP contribution < -0.4 is 10.6 Å². The van der Waals surface area contributed by atoms with E-state index in [-0.39, 0.29) is 16.6 Å². The van der Waals surface area contributed by atoms with Gasteiger partial charge >= 0.3 is 12.0 Å². The highest BCUT2D eigenvalue weighted by atomic mass is 79.9. The molecule has 0 spiro atoms. The van der Waals surface area contributed by atoms with E-state index in [1.165, 1.54) is 0 Å². The summed E-state index contributed by atoms with van der Waals surface area (Å²) in [6.45, 7) is 0. The summed E-state index contributed by atoms with van der Waals surface area (Å²) < 4.78 is 26.3. The number of halogens is 3. The molecule has 5 nitrogen and oxygen atoms in total. The van der Waals surface area contributed by atoms with Crippen molar-refractivity contribution in [3.8, 4) is 12.3 Å². The van der Waals surface area contributed by atoms with Crippen LogP contribution in [0.15, 0.2) is 16.6 Å². The number of terminal acetylenes is 1. The fourth-order valence-electron chi connectivity index (χ4n) is 1.25. The number of benzene rings is 1. The van der Waals surface area contributed by atoms with E-state index < -0.39 is 29.7 Å². The topological polar surface area (TPSA) is 78.4 Å². The van der Waals surface area contributed by atoms with Crippen LogP contribution >= 0.6 is 15.9 Å². The minimum absolute atomic E-state index is 0.0485. The molecule has 2 amide bonds. The lowest BCUT2D eigenvalue weighted by Crippen LogP contribution is -2.42. The Morgan fingerprint density at radius 1 is 1.40 bits per heavy atom. The molecule has 0 fully saturated rings. The highest BCUT2D eigenvalue weighted by Crippen LogP contribution is 2.23. The average Bonchev–Trinajstić information content (AvgIpc) is 2.35. The Morgan fingerprint density at radius 2 is 2.05 bits per heavy atom. The maximum Gasteiger partial charge on any atom is 0.327 e. The van der Waals surface area contributed by atoms with Gasteiger partial charge in [-0.15, -0.1) is 12.3 Å². The number of amides is 2. The number of aliphatic carboxylic acids is 1. The van der Waals surface area contributed by atoms with Crippen LogP contribution in [0.5, 0.6) is 0 Å². The second-order valence-corrected chi connectivity index (χ2v) is 4.50. The van der Waals surface area contributed by atoms with E-state index in [0.29, 0.717) is 6.07 Å². The molecule has 0 radical (unpaired) electrons. The summed E-state index contributed by atoms with van der Waals surface area (Å²) in [6.07, 6.45) is 4.74. The zero-order valence-electron chi connectivity index (χ0n) is 9.91. The van der Waals surface area contributed by atoms with Crippen molar-refractivity contribution in [1.82, 2.24) is 5.32 Å². The summed E-state index contributed by atoms with van der Waals surface area (Å²) in [5.41, 5.74) is -0.305. The number of rotatable bonds is 4. The molecule has 20 heavy (non-hydrogen) atoms. The van der Waals surface area contributed by atoms with Crippen molar-refractivity contribution < 1.29 is 23.5 Å². The maximum atomic E-state index is 13.4. The van der Waals surface area contributed by atoms with E-state index in [1.54, 1.807) is 0 Å². The molecule has 1 aromatic carbocycles. The fourth-order valence-corrected chi connectivity index (χ4v) is 1.60. The SMILES string of the molecule is C#CCC(NC(=O)Nc1cc(Br)c(F)cc1F)C(=O)O. The van der Waals surface area contributed by atoms with Crippen LogP contribution in [-0.2, 0) is 4.79 Å². The van der Waals surface area contributed by atoms with Crippen molar-refractivity contribution >= 4 is 33.6 Å². The van der Waals surface area contributed by atoms with E-state index in [1.807, 2.05) is 0 Å². The molecule has 3 N–H and O–H groups in total. The third-order valence-corrected chi connectivity index (χ3v) is 2.79.